The van der Waals surface area contributed by atoms with Gasteiger partial charge in [0, 0.05) is 43.7 Å². The van der Waals surface area contributed by atoms with Crippen molar-refractivity contribution in [3.8, 4) is 0 Å². The van der Waals surface area contributed by atoms with E-state index < -0.39 is 24.3 Å². The Kier molecular flexibility index (Phi) is 10.8. The van der Waals surface area contributed by atoms with Crippen molar-refractivity contribution in [1.29, 1.82) is 0 Å². The normalized spacial score (nSPS) is 21.5. The number of nitrogens with one attached hydrogen (secondary N) is 2. The predicted molar refractivity (Wildman–Crippen MR) is 160 cm³/mol. The number of aliphatic hydroxyl groups excluding tert-OH is 1. The van der Waals surface area contributed by atoms with Crippen molar-refractivity contribution < 1.29 is 33.6 Å². The highest BCUT2D eigenvalue weighted by atomic mass is 16.7. The first kappa shape index (κ1) is 30.7. The van der Waals surface area contributed by atoms with Crippen LogP contribution in [0.4, 0.5) is 10.5 Å². The molecule has 2 aliphatic rings. The van der Waals surface area contributed by atoms with Crippen LogP contribution in [-0.4, -0.2) is 74.1 Å². The number of urea groups is 1. The molecule has 43 heavy (non-hydrogen) atoms. The van der Waals surface area contributed by atoms with Gasteiger partial charge in [-0.25, -0.2) is 9.59 Å². The molecule has 2 heterocycles. The van der Waals surface area contributed by atoms with E-state index in [-0.39, 0.29) is 18.8 Å². The van der Waals surface area contributed by atoms with Crippen molar-refractivity contribution in [3.63, 3.8) is 0 Å². The highest BCUT2D eigenvalue weighted by molar-refractivity contribution is 5.92. The number of amides is 2. The van der Waals surface area contributed by atoms with Crippen LogP contribution in [0.25, 0.3) is 0 Å². The van der Waals surface area contributed by atoms with Crippen molar-refractivity contribution in [3.05, 3.63) is 101 Å². The lowest BCUT2D eigenvalue weighted by Gasteiger charge is -2.39. The zero-order valence-electron chi connectivity index (χ0n) is 24.3. The number of anilines is 1. The van der Waals surface area contributed by atoms with Gasteiger partial charge in [0.15, 0.2) is 6.29 Å². The van der Waals surface area contributed by atoms with Crippen molar-refractivity contribution in [2.75, 3.05) is 45.3 Å². The van der Waals surface area contributed by atoms with E-state index in [1.807, 2.05) is 66.7 Å². The van der Waals surface area contributed by atoms with E-state index in [9.17, 15) is 14.7 Å². The predicted octanol–water partition coefficient (Wildman–Crippen LogP) is 3.96. The Labute approximate surface area is 251 Å². The number of rotatable bonds is 10. The third-order valence-electron chi connectivity index (χ3n) is 7.69. The molecular weight excluding hydrogens is 550 g/mol. The molecule has 0 unspecified atom stereocenters. The SMILES string of the molecule is COC(=O)[C@H](Cc1ccccc1)NC(=O)Nc1ccc([C@H]2O[C@@H](CN3CCOCC3)C[C@@H](c3ccc(CO)cc3)O2)cc1. The van der Waals surface area contributed by atoms with Gasteiger partial charge in [0.25, 0.3) is 0 Å². The van der Waals surface area contributed by atoms with E-state index in [0.717, 1.165) is 41.9 Å². The molecule has 5 rings (SSSR count). The topological polar surface area (TPSA) is 119 Å². The Hall–Kier alpha value is -3.80. The van der Waals surface area contributed by atoms with Gasteiger partial charge in [0.2, 0.25) is 0 Å². The van der Waals surface area contributed by atoms with Gasteiger partial charge >= 0.3 is 12.0 Å². The Balaban J connectivity index is 1.24. The maximum absolute atomic E-state index is 12.8. The molecular formula is C33H39N3O7. The number of hydrogen-bond acceptors (Lipinski definition) is 8. The Bertz CT molecular complexity index is 1310. The van der Waals surface area contributed by atoms with E-state index in [2.05, 4.69) is 15.5 Å². The lowest BCUT2D eigenvalue weighted by molar-refractivity contribution is -0.253. The molecule has 0 aliphatic carbocycles. The summed E-state index contributed by atoms with van der Waals surface area (Å²) in [5.41, 5.74) is 4.17. The first-order chi connectivity index (χ1) is 21.0. The summed E-state index contributed by atoms with van der Waals surface area (Å²) >= 11 is 0. The third-order valence-corrected chi connectivity index (χ3v) is 7.69. The molecule has 2 fully saturated rings. The molecule has 2 amide bonds. The number of esters is 1. The zero-order valence-corrected chi connectivity index (χ0v) is 24.3. The molecule has 0 saturated carbocycles. The highest BCUT2D eigenvalue weighted by Gasteiger charge is 2.33. The van der Waals surface area contributed by atoms with Gasteiger partial charge < -0.3 is 34.7 Å². The molecule has 2 saturated heterocycles. The Morgan fingerprint density at radius 2 is 1.63 bits per heavy atom. The molecule has 3 aromatic rings. The number of methoxy groups -OCH3 is 1. The summed E-state index contributed by atoms with van der Waals surface area (Å²) in [5.74, 6) is -0.520. The maximum atomic E-state index is 12.8. The van der Waals surface area contributed by atoms with Gasteiger partial charge in [0.1, 0.15) is 6.04 Å². The van der Waals surface area contributed by atoms with E-state index in [4.69, 9.17) is 18.9 Å². The summed E-state index contributed by atoms with van der Waals surface area (Å²) in [5, 5.41) is 15.0. The monoisotopic (exact) mass is 589 g/mol. The quantitative estimate of drug-likeness (QED) is 0.304. The molecule has 0 bridgehead atoms. The molecule has 3 aromatic carbocycles. The first-order valence-electron chi connectivity index (χ1n) is 14.6. The number of carbonyl (C=O) groups is 2. The summed E-state index contributed by atoms with van der Waals surface area (Å²) in [6.45, 7) is 3.93. The number of ether oxygens (including phenoxy) is 4. The average Bonchev–Trinajstić information content (AvgIpc) is 3.05. The van der Waals surface area contributed by atoms with Crippen LogP contribution in [0.5, 0.6) is 0 Å². The molecule has 4 atom stereocenters. The largest absolute Gasteiger partial charge is 0.467 e. The van der Waals surface area contributed by atoms with Crippen LogP contribution in [0.1, 0.15) is 41.1 Å². The molecule has 0 radical (unpaired) electrons. The minimum absolute atomic E-state index is 0.00796. The second-order valence-electron chi connectivity index (χ2n) is 10.7. The van der Waals surface area contributed by atoms with Crippen molar-refractivity contribution in [2.45, 2.75) is 44.0 Å². The first-order valence-corrected chi connectivity index (χ1v) is 14.6. The van der Waals surface area contributed by atoms with E-state index >= 15 is 0 Å². The minimum Gasteiger partial charge on any atom is -0.467 e. The van der Waals surface area contributed by atoms with Gasteiger partial charge in [-0.1, -0.05) is 66.7 Å². The number of aliphatic hydroxyl groups is 1. The highest BCUT2D eigenvalue weighted by Crippen LogP contribution is 2.38. The Morgan fingerprint density at radius 1 is 0.930 bits per heavy atom. The number of carbonyl (C=O) groups excluding carboxylic acids is 2. The van der Waals surface area contributed by atoms with Crippen LogP contribution in [0.15, 0.2) is 78.9 Å². The van der Waals surface area contributed by atoms with Gasteiger partial charge in [-0.15, -0.1) is 0 Å². The van der Waals surface area contributed by atoms with Crippen LogP contribution < -0.4 is 10.6 Å². The summed E-state index contributed by atoms with van der Waals surface area (Å²) in [6, 6.07) is 23.2. The van der Waals surface area contributed by atoms with Gasteiger partial charge in [0.05, 0.1) is 39.1 Å². The van der Waals surface area contributed by atoms with Crippen molar-refractivity contribution in [1.82, 2.24) is 10.2 Å². The Morgan fingerprint density at radius 3 is 2.30 bits per heavy atom. The molecule has 228 valence electrons. The van der Waals surface area contributed by atoms with Crippen molar-refractivity contribution in [2.24, 2.45) is 0 Å². The van der Waals surface area contributed by atoms with E-state index in [1.54, 1.807) is 12.1 Å². The van der Waals surface area contributed by atoms with Gasteiger partial charge in [-0.2, -0.15) is 0 Å². The molecule has 2 aliphatic heterocycles. The summed E-state index contributed by atoms with van der Waals surface area (Å²) in [4.78, 5) is 27.5. The molecule has 10 heteroatoms. The van der Waals surface area contributed by atoms with Crippen LogP contribution in [0.2, 0.25) is 0 Å². The second kappa shape index (κ2) is 15.1. The number of hydrogen-bond donors (Lipinski definition) is 3. The zero-order chi connectivity index (χ0) is 30.0. The summed E-state index contributed by atoms with van der Waals surface area (Å²) in [6.07, 6.45) is 0.186. The second-order valence-corrected chi connectivity index (χ2v) is 10.7. The lowest BCUT2D eigenvalue weighted by Crippen LogP contribution is -2.45. The van der Waals surface area contributed by atoms with Gasteiger partial charge in [-0.3, -0.25) is 4.90 Å². The number of morpholine rings is 1. The lowest BCUT2D eigenvalue weighted by atomic mass is 9.99. The fraction of sp³-hybridized carbons (Fsp3) is 0.394. The molecule has 0 spiro atoms. The van der Waals surface area contributed by atoms with Crippen LogP contribution in [0.3, 0.4) is 0 Å². The van der Waals surface area contributed by atoms with E-state index in [0.29, 0.717) is 31.7 Å². The average molecular weight is 590 g/mol. The van der Waals surface area contributed by atoms with Crippen LogP contribution in [0, 0.1) is 0 Å². The van der Waals surface area contributed by atoms with Crippen LogP contribution >= 0.6 is 0 Å². The fourth-order valence-electron chi connectivity index (χ4n) is 5.34. The molecule has 3 N–H and O–H groups in total. The van der Waals surface area contributed by atoms with Crippen LogP contribution in [-0.2, 0) is 36.8 Å². The molecule has 0 aromatic heterocycles. The fourth-order valence-corrected chi connectivity index (χ4v) is 5.34. The summed E-state index contributed by atoms with van der Waals surface area (Å²) in [7, 11) is 1.30. The third kappa shape index (κ3) is 8.62. The summed E-state index contributed by atoms with van der Waals surface area (Å²) < 4.78 is 23.3. The molecule has 10 nitrogen and oxygen atoms in total. The van der Waals surface area contributed by atoms with Crippen molar-refractivity contribution >= 4 is 17.7 Å². The smallest absolute Gasteiger partial charge is 0.328 e. The van der Waals surface area contributed by atoms with E-state index in [1.165, 1.54) is 7.11 Å². The minimum atomic E-state index is -0.831. The standard InChI is InChI=1S/C33H39N3O7/c1-40-31(38)29(19-23-5-3-2-4-6-23)35-33(39)34-27-13-11-26(12-14-27)32-42-28(21-36-15-17-41-18-16-36)20-30(43-32)25-9-7-24(22-37)8-10-25/h2-14,28-30,32,37H,15-22H2,1H3,(H2,34,35,39)/t28-,29+,30+,32+/m1/s1. The number of benzene rings is 3. The van der Waals surface area contributed by atoms with Gasteiger partial charge in [-0.05, 0) is 28.8 Å². The number of nitrogens with zero attached hydrogens (tertiary/aromatic N) is 1. The maximum Gasteiger partial charge on any atom is 0.328 e.